The van der Waals surface area contributed by atoms with Gasteiger partial charge in [0.25, 0.3) is 0 Å². The molecule has 0 saturated carbocycles. The lowest BCUT2D eigenvalue weighted by Gasteiger charge is -2.21. The Bertz CT molecular complexity index is 385. The molecule has 0 unspecified atom stereocenters. The molecule has 100 valence electrons. The van der Waals surface area contributed by atoms with Crippen LogP contribution in [0.1, 0.15) is 19.8 Å². The molecule has 1 aromatic rings. The van der Waals surface area contributed by atoms with E-state index in [2.05, 4.69) is 33.7 Å². The average Bonchev–Trinajstić information content (AvgIpc) is 2.78. The minimum atomic E-state index is 0.471. The average molecular weight is 269 g/mol. The number of hydrogen-bond donors (Lipinski definition) is 0. The standard InChI is InChI=1S/C13H21ClN4/c1-3-5-17(2)9-11-4-6-18(10-11)13-8-15-7-12(14)16-13/h7-8,11H,3-6,9-10H2,1-2H3/t11-/m1/s1. The first-order valence-electron chi connectivity index (χ1n) is 6.60. The zero-order valence-electron chi connectivity index (χ0n) is 11.1. The smallest absolute Gasteiger partial charge is 0.149 e. The fourth-order valence-corrected chi connectivity index (χ4v) is 2.73. The van der Waals surface area contributed by atoms with Gasteiger partial charge in [-0.1, -0.05) is 18.5 Å². The summed E-state index contributed by atoms with van der Waals surface area (Å²) >= 11 is 5.88. The van der Waals surface area contributed by atoms with Crippen LogP contribution in [-0.2, 0) is 0 Å². The molecule has 1 aliphatic heterocycles. The van der Waals surface area contributed by atoms with Gasteiger partial charge in [0.05, 0.1) is 12.4 Å². The summed E-state index contributed by atoms with van der Waals surface area (Å²) in [6.45, 7) is 6.67. The molecule has 1 aliphatic rings. The molecule has 0 N–H and O–H groups in total. The van der Waals surface area contributed by atoms with Gasteiger partial charge in [-0.15, -0.1) is 0 Å². The predicted molar refractivity (Wildman–Crippen MR) is 75.2 cm³/mol. The second-order valence-electron chi connectivity index (χ2n) is 5.06. The third kappa shape index (κ3) is 3.56. The van der Waals surface area contributed by atoms with E-state index in [1.165, 1.54) is 25.9 Å². The Kier molecular flexibility index (Phi) is 4.78. The van der Waals surface area contributed by atoms with E-state index in [0.717, 1.165) is 24.8 Å². The number of aromatic nitrogens is 2. The topological polar surface area (TPSA) is 32.3 Å². The van der Waals surface area contributed by atoms with Crippen LogP contribution in [0.25, 0.3) is 0 Å². The van der Waals surface area contributed by atoms with Crippen molar-refractivity contribution in [2.75, 3.05) is 38.1 Å². The van der Waals surface area contributed by atoms with Crippen LogP contribution >= 0.6 is 11.6 Å². The van der Waals surface area contributed by atoms with Crippen LogP contribution in [-0.4, -0.2) is 48.1 Å². The van der Waals surface area contributed by atoms with Crippen molar-refractivity contribution < 1.29 is 0 Å². The van der Waals surface area contributed by atoms with Gasteiger partial charge in [-0.2, -0.15) is 0 Å². The van der Waals surface area contributed by atoms with E-state index in [9.17, 15) is 0 Å². The Morgan fingerprint density at radius 3 is 3.06 bits per heavy atom. The molecular formula is C13H21ClN4. The summed E-state index contributed by atoms with van der Waals surface area (Å²) in [5.41, 5.74) is 0. The highest BCUT2D eigenvalue weighted by Crippen LogP contribution is 2.23. The number of rotatable bonds is 5. The van der Waals surface area contributed by atoms with Crippen molar-refractivity contribution in [1.29, 1.82) is 0 Å². The highest BCUT2D eigenvalue weighted by atomic mass is 35.5. The van der Waals surface area contributed by atoms with Gasteiger partial charge in [0.15, 0.2) is 0 Å². The second kappa shape index (κ2) is 6.34. The van der Waals surface area contributed by atoms with Crippen LogP contribution in [0.5, 0.6) is 0 Å². The van der Waals surface area contributed by atoms with Crippen molar-refractivity contribution in [3.8, 4) is 0 Å². The first kappa shape index (κ1) is 13.6. The van der Waals surface area contributed by atoms with Gasteiger partial charge in [0.1, 0.15) is 11.0 Å². The second-order valence-corrected chi connectivity index (χ2v) is 5.45. The van der Waals surface area contributed by atoms with Crippen molar-refractivity contribution in [2.45, 2.75) is 19.8 Å². The fraction of sp³-hybridized carbons (Fsp3) is 0.692. The molecule has 5 heteroatoms. The Hall–Kier alpha value is -0.870. The van der Waals surface area contributed by atoms with E-state index in [4.69, 9.17) is 11.6 Å². The summed E-state index contributed by atoms with van der Waals surface area (Å²) in [6.07, 6.45) is 5.81. The van der Waals surface area contributed by atoms with Gasteiger partial charge in [-0.05, 0) is 32.4 Å². The van der Waals surface area contributed by atoms with E-state index in [0.29, 0.717) is 5.15 Å². The predicted octanol–water partition coefficient (Wildman–Crippen LogP) is 2.30. The van der Waals surface area contributed by atoms with Crippen LogP contribution in [0.15, 0.2) is 12.4 Å². The number of halogens is 1. The number of hydrogen-bond acceptors (Lipinski definition) is 4. The minimum absolute atomic E-state index is 0.471. The van der Waals surface area contributed by atoms with E-state index in [1.54, 1.807) is 12.4 Å². The van der Waals surface area contributed by atoms with E-state index >= 15 is 0 Å². The number of anilines is 1. The third-order valence-electron chi connectivity index (χ3n) is 3.38. The molecule has 1 atom stereocenters. The quantitative estimate of drug-likeness (QED) is 0.820. The summed E-state index contributed by atoms with van der Waals surface area (Å²) in [7, 11) is 2.20. The van der Waals surface area contributed by atoms with Crippen molar-refractivity contribution in [2.24, 2.45) is 5.92 Å². The molecular weight excluding hydrogens is 248 g/mol. The van der Waals surface area contributed by atoms with Crippen LogP contribution in [0, 0.1) is 5.92 Å². The summed E-state index contributed by atoms with van der Waals surface area (Å²) in [5.74, 6) is 1.63. The highest BCUT2D eigenvalue weighted by molar-refractivity contribution is 6.29. The maximum atomic E-state index is 5.88. The first-order chi connectivity index (χ1) is 8.69. The normalized spacial score (nSPS) is 19.8. The van der Waals surface area contributed by atoms with Crippen LogP contribution in [0.4, 0.5) is 5.82 Å². The van der Waals surface area contributed by atoms with Crippen LogP contribution in [0.2, 0.25) is 5.15 Å². The van der Waals surface area contributed by atoms with Crippen molar-refractivity contribution in [3.05, 3.63) is 17.5 Å². The maximum absolute atomic E-state index is 5.88. The van der Waals surface area contributed by atoms with Gasteiger partial charge < -0.3 is 9.80 Å². The van der Waals surface area contributed by atoms with Gasteiger partial charge in [-0.3, -0.25) is 4.98 Å². The van der Waals surface area contributed by atoms with E-state index in [-0.39, 0.29) is 0 Å². The SMILES string of the molecule is CCCN(C)C[C@H]1CCN(c2cncc(Cl)n2)C1. The van der Waals surface area contributed by atoms with Crippen molar-refractivity contribution in [1.82, 2.24) is 14.9 Å². The Morgan fingerprint density at radius 2 is 2.33 bits per heavy atom. The molecule has 1 aromatic heterocycles. The zero-order chi connectivity index (χ0) is 13.0. The molecule has 0 radical (unpaired) electrons. The fourth-order valence-electron chi connectivity index (χ4n) is 2.59. The van der Waals surface area contributed by atoms with E-state index < -0.39 is 0 Å². The summed E-state index contributed by atoms with van der Waals surface area (Å²) in [4.78, 5) is 13.1. The molecule has 2 heterocycles. The molecule has 1 saturated heterocycles. The van der Waals surface area contributed by atoms with Gasteiger partial charge in [0, 0.05) is 19.6 Å². The van der Waals surface area contributed by atoms with E-state index in [1.807, 2.05) is 0 Å². The molecule has 0 spiro atoms. The molecule has 0 amide bonds. The molecule has 0 bridgehead atoms. The number of nitrogens with zero attached hydrogens (tertiary/aromatic N) is 4. The molecule has 1 fully saturated rings. The Labute approximate surface area is 114 Å². The lowest BCUT2D eigenvalue weighted by Crippen LogP contribution is -2.29. The van der Waals surface area contributed by atoms with Gasteiger partial charge >= 0.3 is 0 Å². The first-order valence-corrected chi connectivity index (χ1v) is 6.98. The largest absolute Gasteiger partial charge is 0.355 e. The minimum Gasteiger partial charge on any atom is -0.355 e. The summed E-state index contributed by atoms with van der Waals surface area (Å²) < 4.78 is 0. The van der Waals surface area contributed by atoms with Gasteiger partial charge in [0.2, 0.25) is 0 Å². The maximum Gasteiger partial charge on any atom is 0.149 e. The molecule has 4 nitrogen and oxygen atoms in total. The monoisotopic (exact) mass is 268 g/mol. The summed E-state index contributed by atoms with van der Waals surface area (Å²) in [6, 6.07) is 0. The molecule has 0 aliphatic carbocycles. The summed E-state index contributed by atoms with van der Waals surface area (Å²) in [5, 5.41) is 0.471. The van der Waals surface area contributed by atoms with Crippen molar-refractivity contribution in [3.63, 3.8) is 0 Å². The zero-order valence-corrected chi connectivity index (χ0v) is 11.9. The molecule has 2 rings (SSSR count). The molecule has 0 aromatic carbocycles. The third-order valence-corrected chi connectivity index (χ3v) is 3.56. The van der Waals surface area contributed by atoms with Gasteiger partial charge in [-0.25, -0.2) is 4.98 Å². The van der Waals surface area contributed by atoms with Crippen LogP contribution < -0.4 is 4.90 Å². The lowest BCUT2D eigenvalue weighted by molar-refractivity contribution is 0.287. The lowest BCUT2D eigenvalue weighted by atomic mass is 10.1. The molecule has 18 heavy (non-hydrogen) atoms. The van der Waals surface area contributed by atoms with Crippen molar-refractivity contribution >= 4 is 17.4 Å². The van der Waals surface area contributed by atoms with Crippen LogP contribution in [0.3, 0.4) is 0 Å². The Morgan fingerprint density at radius 1 is 1.50 bits per heavy atom. The Balaban J connectivity index is 1.88. The highest BCUT2D eigenvalue weighted by Gasteiger charge is 2.24.